The molecule has 3 aromatic carbocycles. The third-order valence-corrected chi connectivity index (χ3v) is 10.5. The van der Waals surface area contributed by atoms with Gasteiger partial charge >= 0.3 is 6.18 Å². The molecule has 0 aromatic heterocycles. The van der Waals surface area contributed by atoms with Crippen LogP contribution in [-0.2, 0) is 10.7 Å². The topological polar surface area (TPSA) is 26.8 Å². The van der Waals surface area contributed by atoms with Gasteiger partial charge in [-0.2, -0.15) is 13.2 Å². The SMILES string of the molecule is C=C1CCN(C(c2ccc(C(F)(F)F)cc2)P2(=O)N(c3ccccc3)CCN2c2ccccc2)CC1. The van der Waals surface area contributed by atoms with Gasteiger partial charge in [-0.25, -0.2) is 0 Å². The van der Waals surface area contributed by atoms with Crippen molar-refractivity contribution in [2.45, 2.75) is 24.8 Å². The molecule has 0 radical (unpaired) electrons. The summed E-state index contributed by atoms with van der Waals surface area (Å²) in [6.45, 7) is 6.52. The zero-order valence-corrected chi connectivity index (χ0v) is 20.8. The van der Waals surface area contributed by atoms with Gasteiger partial charge in [0.15, 0.2) is 0 Å². The van der Waals surface area contributed by atoms with Gasteiger partial charge in [0.25, 0.3) is 7.44 Å². The molecule has 0 amide bonds. The van der Waals surface area contributed by atoms with Crippen LogP contribution in [0.15, 0.2) is 97.1 Å². The fourth-order valence-corrected chi connectivity index (χ4v) is 8.89. The van der Waals surface area contributed by atoms with E-state index in [1.165, 1.54) is 12.1 Å². The first-order valence-electron chi connectivity index (χ1n) is 12.1. The minimum atomic E-state index is -4.43. The maximum Gasteiger partial charge on any atom is 0.416 e. The lowest BCUT2D eigenvalue weighted by atomic mass is 10.0. The second-order valence-corrected chi connectivity index (χ2v) is 11.9. The molecule has 2 heterocycles. The Balaban J connectivity index is 1.67. The largest absolute Gasteiger partial charge is 0.416 e. The van der Waals surface area contributed by atoms with Gasteiger partial charge in [0.2, 0.25) is 0 Å². The second-order valence-electron chi connectivity index (χ2n) is 9.29. The lowest BCUT2D eigenvalue weighted by molar-refractivity contribution is -0.137. The second kappa shape index (κ2) is 9.79. The number of benzene rings is 3. The summed E-state index contributed by atoms with van der Waals surface area (Å²) in [5.41, 5.74) is 2.75. The summed E-state index contributed by atoms with van der Waals surface area (Å²) >= 11 is 0. The molecule has 0 bridgehead atoms. The van der Waals surface area contributed by atoms with Gasteiger partial charge in [-0.05, 0) is 54.8 Å². The Labute approximate surface area is 210 Å². The van der Waals surface area contributed by atoms with Crippen LogP contribution < -0.4 is 9.34 Å². The molecular weight excluding hydrogens is 482 g/mol. The van der Waals surface area contributed by atoms with Crippen molar-refractivity contribution >= 4 is 18.8 Å². The number of hydrogen-bond donors (Lipinski definition) is 0. The predicted molar refractivity (Wildman–Crippen MR) is 139 cm³/mol. The van der Waals surface area contributed by atoms with E-state index in [0.717, 1.165) is 41.9 Å². The first-order chi connectivity index (χ1) is 17.3. The molecule has 0 spiro atoms. The zero-order valence-electron chi connectivity index (χ0n) is 19.9. The van der Waals surface area contributed by atoms with Crippen LogP contribution in [0.25, 0.3) is 0 Å². The van der Waals surface area contributed by atoms with Gasteiger partial charge in [0.1, 0.15) is 5.78 Å². The van der Waals surface area contributed by atoms with Crippen LogP contribution in [0.1, 0.15) is 29.8 Å². The maximum atomic E-state index is 15.6. The highest BCUT2D eigenvalue weighted by molar-refractivity contribution is 7.67. The third kappa shape index (κ3) is 4.58. The van der Waals surface area contributed by atoms with Crippen molar-refractivity contribution in [3.8, 4) is 0 Å². The van der Waals surface area contributed by atoms with E-state index in [9.17, 15) is 13.2 Å². The van der Waals surface area contributed by atoms with Crippen LogP contribution in [-0.4, -0.2) is 31.1 Å². The van der Waals surface area contributed by atoms with Crippen molar-refractivity contribution in [2.24, 2.45) is 0 Å². The average Bonchev–Trinajstić information content (AvgIpc) is 3.23. The third-order valence-electron chi connectivity index (χ3n) is 7.03. The van der Waals surface area contributed by atoms with Crippen molar-refractivity contribution in [3.63, 3.8) is 0 Å². The van der Waals surface area contributed by atoms with Crippen LogP contribution in [0.4, 0.5) is 24.5 Å². The van der Waals surface area contributed by atoms with E-state index in [1.807, 2.05) is 70.0 Å². The van der Waals surface area contributed by atoms with Crippen molar-refractivity contribution in [3.05, 3.63) is 108 Å². The van der Waals surface area contributed by atoms with E-state index < -0.39 is 25.0 Å². The monoisotopic (exact) mass is 511 g/mol. The molecule has 0 aliphatic carbocycles. The summed E-state index contributed by atoms with van der Waals surface area (Å²) in [5, 5.41) is 0. The van der Waals surface area contributed by atoms with E-state index >= 15 is 4.57 Å². The molecule has 36 heavy (non-hydrogen) atoms. The number of hydrogen-bond acceptors (Lipinski definition) is 2. The van der Waals surface area contributed by atoms with Crippen LogP contribution in [0.5, 0.6) is 0 Å². The van der Waals surface area contributed by atoms with Crippen molar-refractivity contribution in [1.82, 2.24) is 4.90 Å². The van der Waals surface area contributed by atoms with Gasteiger partial charge in [-0.15, -0.1) is 0 Å². The maximum absolute atomic E-state index is 15.6. The molecule has 2 aliphatic rings. The van der Waals surface area contributed by atoms with Crippen molar-refractivity contribution < 1.29 is 17.7 Å². The first-order valence-corrected chi connectivity index (χ1v) is 13.8. The smallest absolute Gasteiger partial charge is 0.304 e. The average molecular weight is 512 g/mol. The summed E-state index contributed by atoms with van der Waals surface area (Å²) in [6, 6.07) is 24.5. The van der Waals surface area contributed by atoms with E-state index in [4.69, 9.17) is 0 Å². The van der Waals surface area contributed by atoms with E-state index in [2.05, 4.69) is 11.5 Å². The summed E-state index contributed by atoms with van der Waals surface area (Å²) in [4.78, 5) is 2.18. The Morgan fingerprint density at radius 1 is 0.722 bits per heavy atom. The molecular formula is C28H29F3N3OP. The molecule has 1 atom stereocenters. The predicted octanol–water partition coefficient (Wildman–Crippen LogP) is 7.58. The highest BCUT2D eigenvalue weighted by atomic mass is 31.2. The Morgan fingerprint density at radius 2 is 1.19 bits per heavy atom. The molecule has 2 saturated heterocycles. The molecule has 2 aliphatic heterocycles. The number of halogens is 3. The number of para-hydroxylation sites is 2. The van der Waals surface area contributed by atoms with Crippen LogP contribution in [0.2, 0.25) is 0 Å². The highest BCUT2D eigenvalue weighted by Gasteiger charge is 2.52. The van der Waals surface area contributed by atoms with Crippen molar-refractivity contribution in [2.75, 3.05) is 35.5 Å². The quantitative estimate of drug-likeness (QED) is 0.261. The molecule has 5 rings (SSSR count). The highest BCUT2D eigenvalue weighted by Crippen LogP contribution is 2.70. The van der Waals surface area contributed by atoms with Crippen LogP contribution in [0, 0.1) is 0 Å². The Morgan fingerprint density at radius 3 is 1.64 bits per heavy atom. The zero-order chi connectivity index (χ0) is 25.3. The Hall–Kier alpha value is -3.02. The molecule has 3 aromatic rings. The van der Waals surface area contributed by atoms with Crippen LogP contribution >= 0.6 is 7.44 Å². The lowest BCUT2D eigenvalue weighted by Gasteiger charge is -2.44. The van der Waals surface area contributed by atoms with Gasteiger partial charge in [0.05, 0.1) is 5.56 Å². The normalized spacial score (nSPS) is 19.5. The van der Waals surface area contributed by atoms with Gasteiger partial charge in [-0.3, -0.25) is 9.46 Å². The van der Waals surface area contributed by atoms with Crippen LogP contribution in [0.3, 0.4) is 0 Å². The Bertz CT molecular complexity index is 1190. The molecule has 4 nitrogen and oxygen atoms in total. The van der Waals surface area contributed by atoms with Gasteiger partial charge in [0, 0.05) is 37.6 Å². The summed E-state index contributed by atoms with van der Waals surface area (Å²) in [6.07, 6.45) is -2.89. The van der Waals surface area contributed by atoms with E-state index in [0.29, 0.717) is 31.7 Å². The number of anilines is 2. The molecule has 8 heteroatoms. The fraction of sp³-hybridized carbons (Fsp3) is 0.286. The molecule has 188 valence electrons. The van der Waals surface area contributed by atoms with Gasteiger partial charge < -0.3 is 9.34 Å². The van der Waals surface area contributed by atoms with Crippen molar-refractivity contribution in [1.29, 1.82) is 0 Å². The molecule has 1 unspecified atom stereocenters. The van der Waals surface area contributed by atoms with E-state index in [1.54, 1.807) is 0 Å². The standard InChI is InChI=1S/C28H29F3N3OP/c1-22-16-18-32(19-17-22)27(23-12-14-24(15-13-23)28(29,30)31)36(35)33(25-8-4-2-5-9-25)20-21-34(36)26-10-6-3-7-11-26/h2-15,27H,1,16-21H2. The lowest BCUT2D eigenvalue weighted by Crippen LogP contribution is -2.39. The number of alkyl halides is 3. The fourth-order valence-electron chi connectivity index (χ4n) is 5.21. The number of nitrogens with zero attached hydrogens (tertiary/aromatic N) is 3. The minimum Gasteiger partial charge on any atom is -0.304 e. The summed E-state index contributed by atoms with van der Waals surface area (Å²) in [7, 11) is -3.43. The first kappa shape index (κ1) is 24.7. The molecule has 2 fully saturated rings. The summed E-state index contributed by atoms with van der Waals surface area (Å²) < 4.78 is 59.7. The molecule has 0 N–H and O–H groups in total. The van der Waals surface area contributed by atoms with E-state index in [-0.39, 0.29) is 0 Å². The Kier molecular flexibility index (Phi) is 6.71. The number of piperidine rings is 1. The van der Waals surface area contributed by atoms with Gasteiger partial charge in [-0.1, -0.05) is 60.7 Å². The minimum absolute atomic E-state index is 0.549. The number of rotatable bonds is 5. The number of likely N-dealkylation sites (tertiary alicyclic amines) is 1. The molecule has 0 saturated carbocycles. The summed E-state index contributed by atoms with van der Waals surface area (Å²) in [5.74, 6) is -0.601.